The number of ether oxygens (including phenoxy) is 1. The second-order valence-corrected chi connectivity index (χ2v) is 7.10. The Balaban J connectivity index is 2.17. The third-order valence-electron chi connectivity index (χ3n) is 4.52. The van der Waals surface area contributed by atoms with Gasteiger partial charge in [0.15, 0.2) is 0 Å². The van der Waals surface area contributed by atoms with Gasteiger partial charge in [0.2, 0.25) is 0 Å². The zero-order valence-corrected chi connectivity index (χ0v) is 13.9. The van der Waals surface area contributed by atoms with Gasteiger partial charge in [-0.25, -0.2) is 0 Å². The van der Waals surface area contributed by atoms with Gasteiger partial charge < -0.3 is 14.0 Å². The Hall–Kier alpha value is -0.975. The van der Waals surface area contributed by atoms with E-state index in [-0.39, 0.29) is 0 Å². The highest BCUT2D eigenvalue weighted by molar-refractivity contribution is 6.62. The van der Waals surface area contributed by atoms with Crippen molar-refractivity contribution in [3.8, 4) is 0 Å². The van der Waals surface area contributed by atoms with Crippen molar-refractivity contribution < 1.29 is 22.8 Å². The van der Waals surface area contributed by atoms with Crippen LogP contribution in [0.2, 0.25) is 0 Å². The predicted octanol–water partition coefficient (Wildman–Crippen LogP) is 3.46. The van der Waals surface area contributed by atoms with Gasteiger partial charge >= 0.3 is 13.7 Å². The van der Waals surface area contributed by atoms with E-state index in [9.17, 15) is 8.78 Å². The molecule has 6 heteroatoms. The summed E-state index contributed by atoms with van der Waals surface area (Å²) in [6, 6.07) is 7.19. The zero-order chi connectivity index (χ0) is 16.8. The molecule has 1 saturated heterocycles. The summed E-state index contributed by atoms with van der Waals surface area (Å²) in [7, 11) is -0.460. The molecule has 0 saturated carbocycles. The lowest BCUT2D eigenvalue weighted by molar-refractivity contribution is -0.200. The summed E-state index contributed by atoms with van der Waals surface area (Å²) < 4.78 is 41.5. The summed E-state index contributed by atoms with van der Waals surface area (Å²) in [4.78, 5) is 0. The molecule has 1 heterocycles. The fourth-order valence-electron chi connectivity index (χ4n) is 2.31. The molecule has 1 aromatic carbocycles. The largest absolute Gasteiger partial charge is 0.494 e. The lowest BCUT2D eigenvalue weighted by Gasteiger charge is -2.32. The first-order valence-electron chi connectivity index (χ1n) is 7.37. The minimum Gasteiger partial charge on any atom is -0.399 e. The molecule has 0 aromatic heterocycles. The van der Waals surface area contributed by atoms with Crippen molar-refractivity contribution in [2.24, 2.45) is 0 Å². The lowest BCUT2D eigenvalue weighted by atomic mass is 9.78. The van der Waals surface area contributed by atoms with Crippen molar-refractivity contribution in [2.75, 3.05) is 0 Å². The standard InChI is InChI=1S/C16H23BF2O3/c1-14(2,20-13(18)19)11-7-9-12(10-8-11)17-21-15(3,4)16(5,6)22-17/h7-10,13H,1-6H3. The molecule has 0 aliphatic carbocycles. The van der Waals surface area contributed by atoms with Gasteiger partial charge in [-0.2, -0.15) is 8.78 Å². The molecule has 0 atom stereocenters. The molecule has 1 aliphatic rings. The van der Waals surface area contributed by atoms with Gasteiger partial charge in [-0.05, 0) is 52.6 Å². The van der Waals surface area contributed by atoms with E-state index >= 15 is 0 Å². The van der Waals surface area contributed by atoms with E-state index in [2.05, 4.69) is 4.74 Å². The minimum absolute atomic E-state index is 0.408. The summed E-state index contributed by atoms with van der Waals surface area (Å²) in [6.07, 6.45) is 0. The van der Waals surface area contributed by atoms with Crippen LogP contribution in [0.25, 0.3) is 0 Å². The van der Waals surface area contributed by atoms with Crippen LogP contribution in [0.15, 0.2) is 24.3 Å². The van der Waals surface area contributed by atoms with Crippen molar-refractivity contribution in [1.29, 1.82) is 0 Å². The molecular weight excluding hydrogens is 289 g/mol. The van der Waals surface area contributed by atoms with E-state index in [1.54, 1.807) is 26.0 Å². The first-order valence-corrected chi connectivity index (χ1v) is 7.37. The quantitative estimate of drug-likeness (QED) is 0.797. The molecule has 2 rings (SSSR count). The molecule has 1 fully saturated rings. The van der Waals surface area contributed by atoms with E-state index in [4.69, 9.17) is 9.31 Å². The van der Waals surface area contributed by atoms with Crippen LogP contribution in [0, 0.1) is 0 Å². The third kappa shape index (κ3) is 3.34. The summed E-state index contributed by atoms with van der Waals surface area (Å²) in [6.45, 7) is 8.37. The molecule has 122 valence electrons. The van der Waals surface area contributed by atoms with Crippen molar-refractivity contribution in [3.63, 3.8) is 0 Å². The second kappa shape index (κ2) is 5.58. The van der Waals surface area contributed by atoms with Crippen LogP contribution in [0.1, 0.15) is 47.1 Å². The molecule has 0 unspecified atom stereocenters. The molecule has 0 radical (unpaired) electrons. The number of hydrogen-bond donors (Lipinski definition) is 0. The van der Waals surface area contributed by atoms with E-state index in [0.717, 1.165) is 5.46 Å². The Labute approximate surface area is 131 Å². The smallest absolute Gasteiger partial charge is 0.399 e. The molecular formula is C16H23BF2O3. The lowest BCUT2D eigenvalue weighted by Crippen LogP contribution is -2.41. The average molecular weight is 312 g/mol. The summed E-state index contributed by atoms with van der Waals surface area (Å²) in [5.74, 6) is 0. The van der Waals surface area contributed by atoms with Crippen molar-refractivity contribution in [3.05, 3.63) is 29.8 Å². The van der Waals surface area contributed by atoms with E-state index < -0.39 is 30.5 Å². The summed E-state index contributed by atoms with van der Waals surface area (Å²) in [5.41, 5.74) is -0.339. The Morgan fingerprint density at radius 2 is 1.45 bits per heavy atom. The first-order chi connectivity index (χ1) is 9.95. The van der Waals surface area contributed by atoms with Crippen LogP contribution in [0.3, 0.4) is 0 Å². The minimum atomic E-state index is -2.81. The maximum atomic E-state index is 12.4. The highest BCUT2D eigenvalue weighted by Crippen LogP contribution is 2.36. The van der Waals surface area contributed by atoms with Crippen LogP contribution in [-0.2, 0) is 19.6 Å². The van der Waals surface area contributed by atoms with Gasteiger partial charge in [0, 0.05) is 0 Å². The van der Waals surface area contributed by atoms with Gasteiger partial charge in [0.1, 0.15) is 0 Å². The number of halogens is 2. The fourth-order valence-corrected chi connectivity index (χ4v) is 2.31. The molecule has 1 aliphatic heterocycles. The topological polar surface area (TPSA) is 27.7 Å². The molecule has 22 heavy (non-hydrogen) atoms. The predicted molar refractivity (Wildman–Crippen MR) is 82.3 cm³/mol. The van der Waals surface area contributed by atoms with Crippen LogP contribution < -0.4 is 5.46 Å². The fraction of sp³-hybridized carbons (Fsp3) is 0.625. The zero-order valence-electron chi connectivity index (χ0n) is 13.9. The highest BCUT2D eigenvalue weighted by Gasteiger charge is 2.51. The first kappa shape index (κ1) is 17.4. The van der Waals surface area contributed by atoms with Gasteiger partial charge in [0.05, 0.1) is 16.8 Å². The van der Waals surface area contributed by atoms with Crippen molar-refractivity contribution >= 4 is 12.6 Å². The molecule has 0 N–H and O–H groups in total. The number of rotatable bonds is 4. The maximum absolute atomic E-state index is 12.4. The van der Waals surface area contributed by atoms with Gasteiger partial charge in [0.25, 0.3) is 0 Å². The number of hydrogen-bond acceptors (Lipinski definition) is 3. The van der Waals surface area contributed by atoms with Crippen LogP contribution >= 0.6 is 0 Å². The highest BCUT2D eigenvalue weighted by atomic mass is 19.3. The Kier molecular flexibility index (Phi) is 4.41. The average Bonchev–Trinajstić information content (AvgIpc) is 2.57. The van der Waals surface area contributed by atoms with Crippen LogP contribution in [0.4, 0.5) is 8.78 Å². The number of alkyl halides is 2. The normalized spacial score (nSPS) is 20.7. The SMILES string of the molecule is CC(C)(OC(F)F)c1ccc(B2OC(C)(C)C(C)(C)O2)cc1. The Morgan fingerprint density at radius 3 is 1.86 bits per heavy atom. The van der Waals surface area contributed by atoms with Crippen molar-refractivity contribution in [2.45, 2.75) is 65.0 Å². The second-order valence-electron chi connectivity index (χ2n) is 7.10. The van der Waals surface area contributed by atoms with Crippen molar-refractivity contribution in [1.82, 2.24) is 0 Å². The molecule has 0 spiro atoms. The molecule has 3 nitrogen and oxygen atoms in total. The van der Waals surface area contributed by atoms with Gasteiger partial charge in [-0.1, -0.05) is 24.3 Å². The van der Waals surface area contributed by atoms with E-state index in [1.165, 1.54) is 0 Å². The van der Waals surface area contributed by atoms with Gasteiger partial charge in [-0.3, -0.25) is 0 Å². The Bertz CT molecular complexity index is 511. The number of benzene rings is 1. The van der Waals surface area contributed by atoms with E-state index in [0.29, 0.717) is 5.56 Å². The Morgan fingerprint density at radius 1 is 1.00 bits per heavy atom. The molecule has 0 bridgehead atoms. The van der Waals surface area contributed by atoms with Gasteiger partial charge in [-0.15, -0.1) is 0 Å². The monoisotopic (exact) mass is 312 g/mol. The summed E-state index contributed by atoms with van der Waals surface area (Å²) >= 11 is 0. The molecule has 1 aromatic rings. The molecule has 0 amide bonds. The van der Waals surface area contributed by atoms with Crippen LogP contribution in [-0.4, -0.2) is 24.9 Å². The maximum Gasteiger partial charge on any atom is 0.494 e. The van der Waals surface area contributed by atoms with E-state index in [1.807, 2.05) is 39.8 Å². The van der Waals surface area contributed by atoms with Crippen LogP contribution in [0.5, 0.6) is 0 Å². The summed E-state index contributed by atoms with van der Waals surface area (Å²) in [5, 5.41) is 0. The third-order valence-corrected chi connectivity index (χ3v) is 4.52.